The van der Waals surface area contributed by atoms with Gasteiger partial charge in [-0.25, -0.2) is 0 Å². The highest BCUT2D eigenvalue weighted by atomic mass is 32.2. The minimum atomic E-state index is -3.85. The Morgan fingerprint density at radius 1 is 0.568 bits per heavy atom. The van der Waals surface area contributed by atoms with Gasteiger partial charge >= 0.3 is 0 Å². The average molecular weight is 549 g/mol. The zero-order valence-corrected chi connectivity index (χ0v) is 22.5. The van der Waals surface area contributed by atoms with E-state index in [4.69, 9.17) is 17.8 Å². The van der Waals surface area contributed by atoms with Gasteiger partial charge in [0.05, 0.1) is 49.4 Å². The van der Waals surface area contributed by atoms with E-state index in [1.807, 2.05) is 44.2 Å². The summed E-state index contributed by atoms with van der Waals surface area (Å²) in [6.45, 7) is 4.18. The molecule has 0 N–H and O–H groups in total. The van der Waals surface area contributed by atoms with Gasteiger partial charge in [-0.15, -0.1) is 0 Å². The van der Waals surface area contributed by atoms with Crippen molar-refractivity contribution in [1.29, 1.82) is 0 Å². The van der Waals surface area contributed by atoms with Gasteiger partial charge in [-0.1, -0.05) is 65.7 Å². The van der Waals surface area contributed by atoms with Crippen molar-refractivity contribution >= 4 is 20.2 Å². The van der Waals surface area contributed by atoms with Crippen molar-refractivity contribution < 1.29 is 34.7 Å². The van der Waals surface area contributed by atoms with E-state index in [1.54, 1.807) is 24.3 Å². The summed E-state index contributed by atoms with van der Waals surface area (Å²) in [7, 11) is -7.71. The molecule has 0 amide bonds. The van der Waals surface area contributed by atoms with E-state index in [0.717, 1.165) is 16.7 Å². The lowest BCUT2D eigenvalue weighted by Crippen LogP contribution is -2.19. The summed E-state index contributed by atoms with van der Waals surface area (Å²) < 4.78 is 70.7. The monoisotopic (exact) mass is 548 g/mol. The van der Waals surface area contributed by atoms with E-state index in [2.05, 4.69) is 0 Å². The molecule has 0 spiro atoms. The van der Waals surface area contributed by atoms with Crippen LogP contribution in [-0.2, 0) is 38.1 Å². The molecule has 10 heteroatoms. The second-order valence-electron chi connectivity index (χ2n) is 8.44. The molecule has 0 radical (unpaired) electrons. The Bertz CT molecular complexity index is 1220. The standard InChI is InChI=1S/C27H32O8S2/c1-22-8-12-26(13-9-22)36(28,29)34-18-16-32-20-25(24-6-4-3-5-7-24)21-33-17-19-35-37(30,31)27-14-10-23(2)11-15-27/h3-15,25H,16-21H2,1-2H3. The Labute approximate surface area is 219 Å². The zero-order chi connectivity index (χ0) is 26.7. The van der Waals surface area contributed by atoms with Gasteiger partial charge in [-0.05, 0) is 43.7 Å². The highest BCUT2D eigenvalue weighted by Gasteiger charge is 2.17. The summed E-state index contributed by atoms with van der Waals surface area (Å²) in [6, 6.07) is 22.4. The van der Waals surface area contributed by atoms with Crippen LogP contribution in [0.15, 0.2) is 88.7 Å². The molecule has 200 valence electrons. The van der Waals surface area contributed by atoms with Gasteiger partial charge in [-0.3, -0.25) is 8.37 Å². The molecule has 0 aromatic heterocycles. The van der Waals surface area contributed by atoms with Crippen molar-refractivity contribution in [2.24, 2.45) is 0 Å². The van der Waals surface area contributed by atoms with E-state index in [1.165, 1.54) is 24.3 Å². The Kier molecular flexibility index (Phi) is 10.8. The average Bonchev–Trinajstić information content (AvgIpc) is 2.88. The van der Waals surface area contributed by atoms with Gasteiger partial charge in [0.15, 0.2) is 0 Å². The van der Waals surface area contributed by atoms with Crippen molar-refractivity contribution in [3.63, 3.8) is 0 Å². The zero-order valence-electron chi connectivity index (χ0n) is 20.9. The fraction of sp³-hybridized carbons (Fsp3) is 0.333. The van der Waals surface area contributed by atoms with Gasteiger partial charge in [0.1, 0.15) is 0 Å². The predicted molar refractivity (Wildman–Crippen MR) is 139 cm³/mol. The number of rotatable bonds is 15. The Morgan fingerprint density at radius 2 is 0.973 bits per heavy atom. The molecule has 0 aliphatic rings. The van der Waals surface area contributed by atoms with Crippen LogP contribution < -0.4 is 0 Å². The first-order chi connectivity index (χ1) is 17.7. The SMILES string of the molecule is Cc1ccc(S(=O)(=O)OCCOCC(COCCOS(=O)(=O)c2ccc(C)cc2)c2ccccc2)cc1. The molecule has 8 nitrogen and oxygen atoms in total. The second kappa shape index (κ2) is 13.8. The Hall–Kier alpha value is -2.60. The van der Waals surface area contributed by atoms with Gasteiger partial charge in [-0.2, -0.15) is 16.8 Å². The van der Waals surface area contributed by atoms with E-state index in [0.29, 0.717) is 0 Å². The molecule has 0 saturated carbocycles. The van der Waals surface area contributed by atoms with Crippen LogP contribution in [-0.4, -0.2) is 56.5 Å². The van der Waals surface area contributed by atoms with Gasteiger partial charge in [0.2, 0.25) is 0 Å². The van der Waals surface area contributed by atoms with Crippen molar-refractivity contribution in [3.8, 4) is 0 Å². The molecular formula is C27H32O8S2. The van der Waals surface area contributed by atoms with E-state index < -0.39 is 20.2 Å². The van der Waals surface area contributed by atoms with Crippen LogP contribution in [0, 0.1) is 13.8 Å². The van der Waals surface area contributed by atoms with Crippen molar-refractivity contribution in [2.75, 3.05) is 39.6 Å². The van der Waals surface area contributed by atoms with Gasteiger partial charge in [0, 0.05) is 5.92 Å². The third-order valence-corrected chi connectivity index (χ3v) is 8.11. The fourth-order valence-electron chi connectivity index (χ4n) is 3.37. The van der Waals surface area contributed by atoms with Crippen LogP contribution in [0.4, 0.5) is 0 Å². The van der Waals surface area contributed by atoms with Crippen LogP contribution >= 0.6 is 0 Å². The van der Waals surface area contributed by atoms with Crippen molar-refractivity contribution in [2.45, 2.75) is 29.6 Å². The maximum atomic E-state index is 12.3. The highest BCUT2D eigenvalue weighted by Crippen LogP contribution is 2.18. The summed E-state index contributed by atoms with van der Waals surface area (Å²) in [5.74, 6) is -0.149. The summed E-state index contributed by atoms with van der Waals surface area (Å²) in [5, 5.41) is 0. The second-order valence-corrected chi connectivity index (χ2v) is 11.7. The summed E-state index contributed by atoms with van der Waals surface area (Å²) >= 11 is 0. The minimum Gasteiger partial charge on any atom is -0.378 e. The number of ether oxygens (including phenoxy) is 2. The van der Waals surface area contributed by atoms with Crippen LogP contribution in [0.1, 0.15) is 22.6 Å². The molecule has 0 aliphatic carbocycles. The van der Waals surface area contributed by atoms with E-state index in [9.17, 15) is 16.8 Å². The summed E-state index contributed by atoms with van der Waals surface area (Å²) in [6.07, 6.45) is 0. The molecule has 0 heterocycles. The molecule has 0 fully saturated rings. The lowest BCUT2D eigenvalue weighted by atomic mass is 10.0. The minimum absolute atomic E-state index is 0.0757. The van der Waals surface area contributed by atoms with E-state index in [-0.39, 0.29) is 55.4 Å². The molecule has 37 heavy (non-hydrogen) atoms. The number of benzene rings is 3. The van der Waals surface area contributed by atoms with Crippen molar-refractivity contribution in [3.05, 3.63) is 95.6 Å². The van der Waals surface area contributed by atoms with Crippen LogP contribution in [0.3, 0.4) is 0 Å². The molecule has 0 aliphatic heterocycles. The fourth-order valence-corrected chi connectivity index (χ4v) is 5.15. The molecule has 3 aromatic rings. The summed E-state index contributed by atoms with van der Waals surface area (Å²) in [4.78, 5) is 0.195. The molecule has 3 rings (SSSR count). The van der Waals surface area contributed by atoms with Crippen LogP contribution in [0.25, 0.3) is 0 Å². The number of hydrogen-bond donors (Lipinski definition) is 0. The quantitative estimate of drug-likeness (QED) is 0.205. The lowest BCUT2D eigenvalue weighted by molar-refractivity contribution is 0.0455. The Balaban J connectivity index is 1.43. The van der Waals surface area contributed by atoms with E-state index >= 15 is 0 Å². The third kappa shape index (κ3) is 9.33. The first-order valence-corrected chi connectivity index (χ1v) is 14.6. The third-order valence-electron chi connectivity index (χ3n) is 5.46. The first-order valence-electron chi connectivity index (χ1n) is 11.8. The van der Waals surface area contributed by atoms with Crippen LogP contribution in [0.2, 0.25) is 0 Å². The van der Waals surface area contributed by atoms with Crippen molar-refractivity contribution in [1.82, 2.24) is 0 Å². The highest BCUT2D eigenvalue weighted by molar-refractivity contribution is 7.87. The number of aryl methyl sites for hydroxylation is 2. The van der Waals surface area contributed by atoms with Crippen LogP contribution in [0.5, 0.6) is 0 Å². The topological polar surface area (TPSA) is 105 Å². The summed E-state index contributed by atoms with van der Waals surface area (Å²) in [5.41, 5.74) is 2.88. The maximum absolute atomic E-state index is 12.3. The first kappa shape index (κ1) is 29.0. The molecular weight excluding hydrogens is 516 g/mol. The molecule has 3 aromatic carbocycles. The molecule has 0 saturated heterocycles. The molecule has 0 bridgehead atoms. The lowest BCUT2D eigenvalue weighted by Gasteiger charge is -2.18. The smallest absolute Gasteiger partial charge is 0.297 e. The Morgan fingerprint density at radius 3 is 1.38 bits per heavy atom. The molecule has 0 atom stereocenters. The number of hydrogen-bond acceptors (Lipinski definition) is 8. The largest absolute Gasteiger partial charge is 0.378 e. The molecule has 0 unspecified atom stereocenters. The van der Waals surface area contributed by atoms with Gasteiger partial charge in [0.25, 0.3) is 20.2 Å². The predicted octanol–water partition coefficient (Wildman–Crippen LogP) is 4.23. The normalized spacial score (nSPS) is 12.2. The van der Waals surface area contributed by atoms with Gasteiger partial charge < -0.3 is 9.47 Å². The maximum Gasteiger partial charge on any atom is 0.297 e.